The lowest BCUT2D eigenvalue weighted by Gasteiger charge is -2.62. The lowest BCUT2D eigenvalue weighted by Crippen LogP contribution is -2.57. The molecule has 0 saturated heterocycles. The van der Waals surface area contributed by atoms with Crippen molar-refractivity contribution in [1.82, 2.24) is 0 Å². The second-order valence-corrected chi connectivity index (χ2v) is 16.6. The van der Waals surface area contributed by atoms with Gasteiger partial charge in [0.25, 0.3) is 0 Å². The normalized spacial score (nSPS) is 50.5. The fraction of sp³-hybridized carbons (Fsp3) is 1.00. The summed E-state index contributed by atoms with van der Waals surface area (Å²) in [6, 6.07) is 0. The molecule has 6 saturated carbocycles. The van der Waals surface area contributed by atoms with Crippen LogP contribution in [-0.4, -0.2) is 34.0 Å². The van der Waals surface area contributed by atoms with E-state index in [4.69, 9.17) is 14.5 Å². The minimum Gasteiger partial charge on any atom is -0.375 e. The predicted octanol–water partition coefficient (Wildman–Crippen LogP) is 8.17. The lowest BCUT2D eigenvalue weighted by atomic mass is 9.44. The van der Waals surface area contributed by atoms with Gasteiger partial charge >= 0.3 is 0 Å². The highest BCUT2D eigenvalue weighted by atomic mass is 17.2. The van der Waals surface area contributed by atoms with Crippen LogP contribution in [0.5, 0.6) is 0 Å². The molecule has 5 nitrogen and oxygen atoms in total. The molecule has 0 heterocycles. The number of hydrogen-bond donors (Lipinski definition) is 2. The third-order valence-electron chi connectivity index (χ3n) is 14.2. The van der Waals surface area contributed by atoms with Gasteiger partial charge in [0.2, 0.25) is 0 Å². The van der Waals surface area contributed by atoms with Crippen LogP contribution >= 0.6 is 0 Å². The Balaban J connectivity index is 1.06. The maximum absolute atomic E-state index is 11.5. The van der Waals surface area contributed by atoms with Gasteiger partial charge in [0.1, 0.15) is 0 Å². The molecule has 2 N–H and O–H groups in total. The lowest BCUT2D eigenvalue weighted by molar-refractivity contribution is -0.506. The molecule has 6 rings (SSSR count). The van der Waals surface area contributed by atoms with Gasteiger partial charge in [-0.2, -0.15) is 9.78 Å². The summed E-state index contributed by atoms with van der Waals surface area (Å²) >= 11 is 0. The van der Waals surface area contributed by atoms with E-state index in [0.29, 0.717) is 42.9 Å². The van der Waals surface area contributed by atoms with Crippen LogP contribution in [-0.2, 0) is 14.5 Å². The van der Waals surface area contributed by atoms with Crippen LogP contribution in [0.15, 0.2) is 0 Å². The quantitative estimate of drug-likeness (QED) is 0.169. The maximum Gasteiger partial charge on any atom is 0.199 e. The largest absolute Gasteiger partial charge is 0.375 e. The van der Waals surface area contributed by atoms with Gasteiger partial charge in [0.05, 0.1) is 5.60 Å². The Hall–Kier alpha value is -0.200. The van der Waals surface area contributed by atoms with Crippen LogP contribution in [0.1, 0.15) is 144 Å². The molecule has 40 heavy (non-hydrogen) atoms. The van der Waals surface area contributed by atoms with Crippen molar-refractivity contribution in [3.8, 4) is 0 Å². The van der Waals surface area contributed by atoms with Crippen molar-refractivity contribution in [3.05, 3.63) is 0 Å². The van der Waals surface area contributed by atoms with Gasteiger partial charge in [-0.1, -0.05) is 34.1 Å². The Bertz CT molecular complexity index is 894. The van der Waals surface area contributed by atoms with Gasteiger partial charge < -0.3 is 14.9 Å². The summed E-state index contributed by atoms with van der Waals surface area (Å²) < 4.78 is 6.23. The van der Waals surface area contributed by atoms with Crippen molar-refractivity contribution >= 4 is 0 Å². The molecular formula is C35H60O5. The van der Waals surface area contributed by atoms with E-state index in [1.807, 2.05) is 0 Å². The van der Waals surface area contributed by atoms with E-state index in [1.165, 1.54) is 57.8 Å². The monoisotopic (exact) mass is 560 g/mol. The molecule has 0 amide bonds. The average molecular weight is 561 g/mol. The second-order valence-electron chi connectivity index (χ2n) is 16.6. The molecule has 6 aliphatic carbocycles. The van der Waals surface area contributed by atoms with Crippen LogP contribution in [0.3, 0.4) is 0 Å². The zero-order valence-electron chi connectivity index (χ0n) is 26.4. The molecule has 0 aromatic rings. The summed E-state index contributed by atoms with van der Waals surface area (Å²) in [6.45, 7) is 13.1. The third kappa shape index (κ3) is 5.46. The Labute approximate surface area is 244 Å². The highest BCUT2D eigenvalue weighted by Crippen LogP contribution is 2.69. The number of hydrogen-bond acceptors (Lipinski definition) is 5. The fourth-order valence-electron chi connectivity index (χ4n) is 11.1. The summed E-state index contributed by atoms with van der Waals surface area (Å²) in [5, 5.41) is 22.5. The highest BCUT2D eigenvalue weighted by Gasteiger charge is 2.62. The van der Waals surface area contributed by atoms with Crippen LogP contribution in [0, 0.1) is 52.3 Å². The average Bonchev–Trinajstić information content (AvgIpc) is 3.55. The minimum absolute atomic E-state index is 0.199. The second kappa shape index (κ2) is 10.8. The predicted molar refractivity (Wildman–Crippen MR) is 157 cm³/mol. The van der Waals surface area contributed by atoms with E-state index in [-0.39, 0.29) is 11.0 Å². The molecule has 0 aliphatic heterocycles. The van der Waals surface area contributed by atoms with Gasteiger partial charge in [-0.05, 0) is 136 Å². The number of rotatable bonds is 9. The number of ether oxygens (including phenoxy) is 1. The first kappa shape index (κ1) is 29.9. The van der Waals surface area contributed by atoms with Crippen molar-refractivity contribution in [3.63, 3.8) is 0 Å². The van der Waals surface area contributed by atoms with Gasteiger partial charge in [0, 0.05) is 32.3 Å². The fourth-order valence-corrected chi connectivity index (χ4v) is 11.1. The van der Waals surface area contributed by atoms with Crippen molar-refractivity contribution < 1.29 is 24.7 Å². The minimum atomic E-state index is -1.27. The number of fused-ring (bicyclic) bond motifs is 5. The molecule has 6 aliphatic rings. The molecule has 9 unspecified atom stereocenters. The summed E-state index contributed by atoms with van der Waals surface area (Å²) in [6.07, 6.45) is 18.2. The maximum atomic E-state index is 11.5. The first-order chi connectivity index (χ1) is 18.9. The van der Waals surface area contributed by atoms with Crippen molar-refractivity contribution in [2.75, 3.05) is 6.61 Å². The molecule has 0 spiro atoms. The molecule has 6 fully saturated rings. The summed E-state index contributed by atoms with van der Waals surface area (Å²) in [7, 11) is 0. The van der Waals surface area contributed by atoms with E-state index in [0.717, 1.165) is 61.9 Å². The molecule has 0 aromatic carbocycles. The molecule has 0 radical (unpaired) electrons. The van der Waals surface area contributed by atoms with Gasteiger partial charge in [-0.25, -0.2) is 0 Å². The van der Waals surface area contributed by atoms with Crippen LogP contribution in [0.2, 0.25) is 0 Å². The molecule has 0 bridgehead atoms. The van der Waals surface area contributed by atoms with E-state index in [1.54, 1.807) is 0 Å². The van der Waals surface area contributed by atoms with Crippen molar-refractivity contribution in [2.45, 2.75) is 161 Å². The summed E-state index contributed by atoms with van der Waals surface area (Å²) in [5.41, 5.74) is 0.948. The Kier molecular flexibility index (Phi) is 8.03. The van der Waals surface area contributed by atoms with Crippen molar-refractivity contribution in [1.29, 1.82) is 0 Å². The molecule has 230 valence electrons. The van der Waals surface area contributed by atoms with Crippen LogP contribution in [0.25, 0.3) is 0 Å². The Morgan fingerprint density at radius 3 is 2.12 bits per heavy atom. The topological polar surface area (TPSA) is 68.2 Å². The molecular weight excluding hydrogens is 500 g/mol. The van der Waals surface area contributed by atoms with Gasteiger partial charge in [0.15, 0.2) is 11.6 Å². The molecule has 5 heteroatoms. The van der Waals surface area contributed by atoms with Crippen LogP contribution in [0.4, 0.5) is 0 Å². The van der Waals surface area contributed by atoms with Crippen molar-refractivity contribution in [2.24, 2.45) is 52.3 Å². The Morgan fingerprint density at radius 1 is 0.725 bits per heavy atom. The van der Waals surface area contributed by atoms with Crippen LogP contribution < -0.4 is 0 Å². The summed E-state index contributed by atoms with van der Waals surface area (Å²) in [4.78, 5) is 11.5. The first-order valence-corrected chi connectivity index (χ1v) is 17.4. The molecule has 9 atom stereocenters. The first-order valence-electron chi connectivity index (χ1n) is 17.4. The smallest absolute Gasteiger partial charge is 0.199 e. The van der Waals surface area contributed by atoms with E-state index in [9.17, 15) is 10.2 Å². The summed E-state index contributed by atoms with van der Waals surface area (Å²) in [5.74, 6) is 2.63. The standard InChI is InChI=1S/C35H60O5/c1-6-25-11-16-34(36,17-12-25)39-40-35(37)21-20-32(4)26(23-35)7-8-27-29-10-9-28(33(29,5)15-13-30(27)32)24(2)14-22-38-31(3)18-19-31/h24-30,36-37H,6-23H2,1-5H3. The highest BCUT2D eigenvalue weighted by molar-refractivity contribution is 5.10. The Morgan fingerprint density at radius 2 is 1.43 bits per heavy atom. The third-order valence-corrected chi connectivity index (χ3v) is 14.2. The number of aliphatic hydroxyl groups is 2. The SMILES string of the molecule is CCC1CCC(O)(OOC2(O)CCC3(C)C(CCC4C3CCC3(C)C(C(C)CCOC5(C)CC5)CCC43)C2)CC1. The van der Waals surface area contributed by atoms with E-state index >= 15 is 0 Å². The zero-order valence-corrected chi connectivity index (χ0v) is 26.4. The van der Waals surface area contributed by atoms with Gasteiger partial charge in [-0.3, -0.25) is 0 Å². The van der Waals surface area contributed by atoms with E-state index < -0.39 is 11.6 Å². The van der Waals surface area contributed by atoms with Gasteiger partial charge in [-0.15, -0.1) is 0 Å². The van der Waals surface area contributed by atoms with E-state index in [2.05, 4.69) is 34.6 Å². The zero-order chi connectivity index (χ0) is 28.4. The molecule has 0 aromatic heterocycles.